The van der Waals surface area contributed by atoms with Gasteiger partial charge in [-0.2, -0.15) is 0 Å². The molecule has 0 saturated carbocycles. The van der Waals surface area contributed by atoms with Gasteiger partial charge in [-0.15, -0.1) is 0 Å². The second kappa shape index (κ2) is 4.70. The van der Waals surface area contributed by atoms with E-state index in [0.29, 0.717) is 6.04 Å². The number of rotatable bonds is 2. The summed E-state index contributed by atoms with van der Waals surface area (Å²) >= 11 is 0. The average Bonchev–Trinajstić information content (AvgIpc) is 2.31. The zero-order valence-electron chi connectivity index (χ0n) is 10.1. The molecule has 1 fully saturated rings. The van der Waals surface area contributed by atoms with Crippen molar-refractivity contribution >= 4 is 11.5 Å². The average molecular weight is 220 g/mol. The van der Waals surface area contributed by atoms with E-state index in [2.05, 4.69) is 28.8 Å². The third-order valence-electron chi connectivity index (χ3n) is 3.34. The molecule has 0 bridgehead atoms. The fraction of sp³-hybridized carbons (Fsp3) is 0.583. The number of likely N-dealkylation sites (N-methyl/N-ethyl adjacent to an activating group) is 1. The summed E-state index contributed by atoms with van der Waals surface area (Å²) in [6, 6.07) is 4.56. The van der Waals surface area contributed by atoms with Crippen molar-refractivity contribution in [1.82, 2.24) is 9.88 Å². The van der Waals surface area contributed by atoms with E-state index in [0.717, 1.165) is 31.1 Å². The number of nitrogens with zero attached hydrogens (tertiary/aromatic N) is 3. The van der Waals surface area contributed by atoms with Crippen LogP contribution < -0.4 is 10.6 Å². The monoisotopic (exact) mass is 220 g/mol. The number of aromatic nitrogens is 1. The van der Waals surface area contributed by atoms with Crippen LogP contribution >= 0.6 is 0 Å². The molecule has 0 spiro atoms. The van der Waals surface area contributed by atoms with Gasteiger partial charge in [0.25, 0.3) is 0 Å². The first-order chi connectivity index (χ1) is 7.70. The maximum atomic E-state index is 5.64. The van der Waals surface area contributed by atoms with Crippen LogP contribution in [0.3, 0.4) is 0 Å². The Balaban J connectivity index is 2.08. The Kier molecular flexibility index (Phi) is 3.29. The molecule has 1 aliphatic rings. The smallest absolute Gasteiger partial charge is 0.128 e. The molecule has 0 radical (unpaired) electrons. The van der Waals surface area contributed by atoms with Crippen molar-refractivity contribution in [2.75, 3.05) is 37.3 Å². The molecule has 2 rings (SSSR count). The van der Waals surface area contributed by atoms with Gasteiger partial charge >= 0.3 is 0 Å². The van der Waals surface area contributed by atoms with Gasteiger partial charge in [0.2, 0.25) is 0 Å². The molecule has 88 valence electrons. The van der Waals surface area contributed by atoms with E-state index in [1.807, 2.05) is 12.1 Å². The molecule has 1 unspecified atom stereocenters. The number of hydrogen-bond donors (Lipinski definition) is 1. The quantitative estimate of drug-likeness (QED) is 0.813. The van der Waals surface area contributed by atoms with Crippen LogP contribution in [0.15, 0.2) is 18.3 Å². The second-order valence-electron chi connectivity index (χ2n) is 4.44. The number of pyridine rings is 1. The normalized spacial score (nSPS) is 22.4. The largest absolute Gasteiger partial charge is 0.397 e. The van der Waals surface area contributed by atoms with Gasteiger partial charge in [-0.05, 0) is 25.6 Å². The highest BCUT2D eigenvalue weighted by Crippen LogP contribution is 2.18. The molecule has 1 aromatic rings. The third-order valence-corrected chi connectivity index (χ3v) is 3.34. The van der Waals surface area contributed by atoms with E-state index >= 15 is 0 Å². The number of anilines is 2. The van der Waals surface area contributed by atoms with Crippen molar-refractivity contribution in [3.8, 4) is 0 Å². The van der Waals surface area contributed by atoms with Crippen molar-refractivity contribution in [2.24, 2.45) is 0 Å². The summed E-state index contributed by atoms with van der Waals surface area (Å²) in [6.45, 7) is 5.44. The number of nitrogens with two attached hydrogens (primary N) is 1. The first kappa shape index (κ1) is 11.2. The van der Waals surface area contributed by atoms with E-state index in [1.165, 1.54) is 6.42 Å². The van der Waals surface area contributed by atoms with Crippen LogP contribution in [-0.4, -0.2) is 42.6 Å². The Hall–Kier alpha value is -1.29. The van der Waals surface area contributed by atoms with Gasteiger partial charge in [0.1, 0.15) is 5.82 Å². The minimum absolute atomic E-state index is 0.633. The first-order valence-corrected chi connectivity index (χ1v) is 5.87. The van der Waals surface area contributed by atoms with Crippen molar-refractivity contribution in [3.05, 3.63) is 18.3 Å². The van der Waals surface area contributed by atoms with Crippen LogP contribution in [0.2, 0.25) is 0 Å². The predicted octanol–water partition coefficient (Wildman–Crippen LogP) is 1.19. The molecule has 4 nitrogen and oxygen atoms in total. The van der Waals surface area contributed by atoms with E-state index in [-0.39, 0.29) is 0 Å². The van der Waals surface area contributed by atoms with Gasteiger partial charge in [-0.3, -0.25) is 4.90 Å². The lowest BCUT2D eigenvalue weighted by Crippen LogP contribution is -2.51. The lowest BCUT2D eigenvalue weighted by molar-refractivity contribution is 0.213. The van der Waals surface area contributed by atoms with E-state index in [4.69, 9.17) is 5.73 Å². The first-order valence-electron chi connectivity index (χ1n) is 5.87. The van der Waals surface area contributed by atoms with Crippen molar-refractivity contribution < 1.29 is 0 Å². The summed E-state index contributed by atoms with van der Waals surface area (Å²) in [5.41, 5.74) is 6.37. The zero-order chi connectivity index (χ0) is 11.5. The summed E-state index contributed by atoms with van der Waals surface area (Å²) in [7, 11) is 2.20. The molecule has 1 atom stereocenters. The van der Waals surface area contributed by atoms with Gasteiger partial charge in [0, 0.05) is 25.7 Å². The van der Waals surface area contributed by atoms with Crippen LogP contribution in [0.4, 0.5) is 11.5 Å². The highest BCUT2D eigenvalue weighted by Gasteiger charge is 2.23. The van der Waals surface area contributed by atoms with E-state index in [1.54, 1.807) is 6.20 Å². The highest BCUT2D eigenvalue weighted by molar-refractivity contribution is 5.46. The number of piperazine rings is 1. The molecule has 16 heavy (non-hydrogen) atoms. The van der Waals surface area contributed by atoms with Gasteiger partial charge < -0.3 is 10.6 Å². The topological polar surface area (TPSA) is 45.4 Å². The Labute approximate surface area is 97.1 Å². The summed E-state index contributed by atoms with van der Waals surface area (Å²) in [6.07, 6.45) is 2.91. The standard InChI is InChI=1S/C12H20N4/c1-3-11-9-16(7-6-15(11)2)12-5-4-10(13)8-14-12/h4-5,8,11H,3,6-7,9,13H2,1-2H3. The van der Waals surface area contributed by atoms with Crippen LogP contribution in [0.25, 0.3) is 0 Å². The van der Waals surface area contributed by atoms with Gasteiger partial charge in [-0.25, -0.2) is 4.98 Å². The Morgan fingerprint density at radius 1 is 1.44 bits per heavy atom. The zero-order valence-corrected chi connectivity index (χ0v) is 10.1. The van der Waals surface area contributed by atoms with Crippen molar-refractivity contribution in [1.29, 1.82) is 0 Å². The molecule has 1 saturated heterocycles. The fourth-order valence-corrected chi connectivity index (χ4v) is 2.18. The lowest BCUT2D eigenvalue weighted by Gasteiger charge is -2.39. The minimum atomic E-state index is 0.633. The fourth-order valence-electron chi connectivity index (χ4n) is 2.18. The maximum absolute atomic E-state index is 5.64. The molecule has 2 heterocycles. The summed E-state index contributed by atoms with van der Waals surface area (Å²) < 4.78 is 0. The molecule has 1 aromatic heterocycles. The predicted molar refractivity (Wildman–Crippen MR) is 67.6 cm³/mol. The molecule has 0 amide bonds. The van der Waals surface area contributed by atoms with Crippen molar-refractivity contribution in [2.45, 2.75) is 19.4 Å². The van der Waals surface area contributed by atoms with Crippen molar-refractivity contribution in [3.63, 3.8) is 0 Å². The Morgan fingerprint density at radius 2 is 2.25 bits per heavy atom. The van der Waals surface area contributed by atoms with Crippen LogP contribution in [0.1, 0.15) is 13.3 Å². The van der Waals surface area contributed by atoms with E-state index in [9.17, 15) is 0 Å². The lowest BCUT2D eigenvalue weighted by atomic mass is 10.1. The summed E-state index contributed by atoms with van der Waals surface area (Å²) in [5, 5.41) is 0. The van der Waals surface area contributed by atoms with Crippen LogP contribution in [0, 0.1) is 0 Å². The molecule has 0 aromatic carbocycles. The second-order valence-corrected chi connectivity index (χ2v) is 4.44. The van der Waals surface area contributed by atoms with Gasteiger partial charge in [0.15, 0.2) is 0 Å². The Bertz CT molecular complexity index is 335. The molecular weight excluding hydrogens is 200 g/mol. The van der Waals surface area contributed by atoms with Crippen LogP contribution in [-0.2, 0) is 0 Å². The number of hydrogen-bond acceptors (Lipinski definition) is 4. The maximum Gasteiger partial charge on any atom is 0.128 e. The molecule has 0 aliphatic carbocycles. The molecular formula is C12H20N4. The van der Waals surface area contributed by atoms with E-state index < -0.39 is 0 Å². The molecule has 2 N–H and O–H groups in total. The Morgan fingerprint density at radius 3 is 2.88 bits per heavy atom. The van der Waals surface area contributed by atoms with Gasteiger partial charge in [0.05, 0.1) is 11.9 Å². The molecule has 4 heteroatoms. The highest BCUT2D eigenvalue weighted by atomic mass is 15.3. The third kappa shape index (κ3) is 2.27. The summed E-state index contributed by atoms with van der Waals surface area (Å²) in [5.74, 6) is 1.04. The number of nitrogen functional groups attached to an aromatic ring is 1. The SMILES string of the molecule is CCC1CN(c2ccc(N)cn2)CCN1C. The summed E-state index contributed by atoms with van der Waals surface area (Å²) in [4.78, 5) is 9.14. The van der Waals surface area contributed by atoms with Gasteiger partial charge in [-0.1, -0.05) is 6.92 Å². The minimum Gasteiger partial charge on any atom is -0.397 e. The molecule has 1 aliphatic heterocycles. The van der Waals surface area contributed by atoms with Crippen LogP contribution in [0.5, 0.6) is 0 Å².